The summed E-state index contributed by atoms with van der Waals surface area (Å²) in [5, 5.41) is 3.54. The molecule has 0 radical (unpaired) electrons. The smallest absolute Gasteiger partial charge is 0.0693 e. The molecule has 2 nitrogen and oxygen atoms in total. The molecule has 0 spiro atoms. The number of rotatable bonds is 5. The molecule has 1 rings (SSSR count). The van der Waals surface area contributed by atoms with Crippen LogP contribution in [-0.4, -0.2) is 19.3 Å². The van der Waals surface area contributed by atoms with E-state index in [1.54, 1.807) is 7.11 Å². The van der Waals surface area contributed by atoms with Crippen LogP contribution in [0.25, 0.3) is 0 Å². The van der Waals surface area contributed by atoms with Crippen LogP contribution in [0.15, 0.2) is 24.3 Å². The molecule has 3 unspecified atom stereocenters. The first-order valence-corrected chi connectivity index (χ1v) is 5.90. The lowest BCUT2D eigenvalue weighted by Crippen LogP contribution is -2.38. The van der Waals surface area contributed by atoms with Crippen LogP contribution in [0.2, 0.25) is 0 Å². The third-order valence-corrected chi connectivity index (χ3v) is 3.17. The van der Waals surface area contributed by atoms with Gasteiger partial charge < -0.3 is 10.1 Å². The Morgan fingerprint density at radius 1 is 1.06 bits per heavy atom. The normalized spacial score (nSPS) is 16.8. The second kappa shape index (κ2) is 6.02. The highest BCUT2D eigenvalue weighted by molar-refractivity contribution is 5.23. The number of methoxy groups -OCH3 is 1. The number of hydrogen-bond acceptors (Lipinski definition) is 2. The van der Waals surface area contributed by atoms with Crippen molar-refractivity contribution in [1.29, 1.82) is 0 Å². The first-order valence-electron chi connectivity index (χ1n) is 5.90. The highest BCUT2D eigenvalue weighted by Gasteiger charge is 2.14. The molecule has 1 aromatic rings. The van der Waals surface area contributed by atoms with E-state index in [0.717, 1.165) is 0 Å². The molecule has 1 aromatic carbocycles. The largest absolute Gasteiger partial charge is 0.380 e. The van der Waals surface area contributed by atoms with Crippen LogP contribution < -0.4 is 5.32 Å². The Morgan fingerprint density at radius 3 is 2.12 bits per heavy atom. The van der Waals surface area contributed by atoms with Crippen LogP contribution in [0.3, 0.4) is 0 Å². The van der Waals surface area contributed by atoms with Gasteiger partial charge in [-0.1, -0.05) is 29.8 Å². The standard InChI is InChI=1S/C14H23NO/c1-10-6-8-14(9-7-10)12(3)15-11(2)13(4)16-5/h6-9,11-13,15H,1-5H3. The molecule has 0 fully saturated rings. The molecule has 0 amide bonds. The molecule has 1 N–H and O–H groups in total. The van der Waals surface area contributed by atoms with Gasteiger partial charge in [-0.2, -0.15) is 0 Å². The quantitative estimate of drug-likeness (QED) is 0.825. The average molecular weight is 221 g/mol. The predicted octanol–water partition coefficient (Wildman–Crippen LogP) is 3.07. The lowest BCUT2D eigenvalue weighted by molar-refractivity contribution is 0.0852. The molecule has 16 heavy (non-hydrogen) atoms. The Balaban J connectivity index is 2.58. The SMILES string of the molecule is COC(C)C(C)NC(C)c1ccc(C)cc1. The minimum Gasteiger partial charge on any atom is -0.380 e. The van der Waals surface area contributed by atoms with Gasteiger partial charge in [0.15, 0.2) is 0 Å². The van der Waals surface area contributed by atoms with Gasteiger partial charge in [0.2, 0.25) is 0 Å². The Morgan fingerprint density at radius 2 is 1.62 bits per heavy atom. The number of nitrogens with one attached hydrogen (secondary N) is 1. The zero-order valence-corrected chi connectivity index (χ0v) is 10.9. The van der Waals surface area contributed by atoms with E-state index in [-0.39, 0.29) is 6.10 Å². The van der Waals surface area contributed by atoms with Crippen molar-refractivity contribution < 1.29 is 4.74 Å². The maximum Gasteiger partial charge on any atom is 0.0693 e. The van der Waals surface area contributed by atoms with Crippen molar-refractivity contribution in [3.63, 3.8) is 0 Å². The van der Waals surface area contributed by atoms with E-state index in [2.05, 4.69) is 57.3 Å². The summed E-state index contributed by atoms with van der Waals surface area (Å²) in [5.41, 5.74) is 2.62. The molecular formula is C14H23NO. The molecule has 0 saturated carbocycles. The maximum atomic E-state index is 5.31. The molecule has 0 aliphatic heterocycles. The van der Waals surface area contributed by atoms with Gasteiger partial charge in [0.05, 0.1) is 6.10 Å². The lowest BCUT2D eigenvalue weighted by Gasteiger charge is -2.24. The van der Waals surface area contributed by atoms with Crippen molar-refractivity contribution in [2.24, 2.45) is 0 Å². The summed E-state index contributed by atoms with van der Waals surface area (Å²) < 4.78 is 5.31. The molecule has 2 heteroatoms. The third kappa shape index (κ3) is 3.62. The van der Waals surface area contributed by atoms with E-state index in [0.29, 0.717) is 12.1 Å². The van der Waals surface area contributed by atoms with E-state index >= 15 is 0 Å². The van der Waals surface area contributed by atoms with Crippen molar-refractivity contribution in [2.75, 3.05) is 7.11 Å². The molecule has 0 saturated heterocycles. The van der Waals surface area contributed by atoms with Crippen molar-refractivity contribution >= 4 is 0 Å². The summed E-state index contributed by atoms with van der Waals surface area (Å²) in [6.07, 6.45) is 0.230. The molecular weight excluding hydrogens is 198 g/mol. The van der Waals surface area contributed by atoms with Gasteiger partial charge >= 0.3 is 0 Å². The van der Waals surface area contributed by atoms with Gasteiger partial charge in [0.1, 0.15) is 0 Å². The molecule has 90 valence electrons. The zero-order chi connectivity index (χ0) is 12.1. The number of aryl methyl sites for hydroxylation is 1. The summed E-state index contributed by atoms with van der Waals surface area (Å²) in [7, 11) is 1.75. The first-order chi connectivity index (χ1) is 7.54. The summed E-state index contributed by atoms with van der Waals surface area (Å²) in [6.45, 7) is 8.53. The highest BCUT2D eigenvalue weighted by atomic mass is 16.5. The van der Waals surface area contributed by atoms with E-state index in [1.807, 2.05) is 0 Å². The van der Waals surface area contributed by atoms with Crippen LogP contribution in [0.1, 0.15) is 37.9 Å². The predicted molar refractivity (Wildman–Crippen MR) is 68.7 cm³/mol. The summed E-state index contributed by atoms with van der Waals surface area (Å²) >= 11 is 0. The van der Waals surface area contributed by atoms with Gasteiger partial charge in [0, 0.05) is 19.2 Å². The van der Waals surface area contributed by atoms with Crippen molar-refractivity contribution in [1.82, 2.24) is 5.32 Å². The van der Waals surface area contributed by atoms with Gasteiger partial charge in [-0.05, 0) is 33.3 Å². The minimum atomic E-state index is 0.230. The van der Waals surface area contributed by atoms with Gasteiger partial charge in [-0.15, -0.1) is 0 Å². The fourth-order valence-electron chi connectivity index (χ4n) is 1.69. The Kier molecular flexibility index (Phi) is 4.97. The Bertz CT molecular complexity index is 307. The average Bonchev–Trinajstić information content (AvgIpc) is 2.28. The molecule has 0 heterocycles. The second-order valence-electron chi connectivity index (χ2n) is 4.53. The van der Waals surface area contributed by atoms with Gasteiger partial charge in [-0.25, -0.2) is 0 Å². The van der Waals surface area contributed by atoms with Crippen LogP contribution in [0.4, 0.5) is 0 Å². The van der Waals surface area contributed by atoms with E-state index < -0.39 is 0 Å². The first kappa shape index (κ1) is 13.2. The van der Waals surface area contributed by atoms with Gasteiger partial charge in [0.25, 0.3) is 0 Å². The van der Waals surface area contributed by atoms with Crippen LogP contribution >= 0.6 is 0 Å². The molecule has 0 bridgehead atoms. The Hall–Kier alpha value is -0.860. The Labute approximate surface area is 99.0 Å². The van der Waals surface area contributed by atoms with E-state index in [1.165, 1.54) is 11.1 Å². The summed E-state index contributed by atoms with van der Waals surface area (Å²) in [5.74, 6) is 0. The van der Waals surface area contributed by atoms with E-state index in [4.69, 9.17) is 4.74 Å². The monoisotopic (exact) mass is 221 g/mol. The van der Waals surface area contributed by atoms with Crippen LogP contribution in [0, 0.1) is 6.92 Å². The van der Waals surface area contributed by atoms with Crippen LogP contribution in [-0.2, 0) is 4.74 Å². The fraction of sp³-hybridized carbons (Fsp3) is 0.571. The molecule has 3 atom stereocenters. The summed E-state index contributed by atoms with van der Waals surface area (Å²) in [6, 6.07) is 9.36. The topological polar surface area (TPSA) is 21.3 Å². The second-order valence-corrected chi connectivity index (χ2v) is 4.53. The lowest BCUT2D eigenvalue weighted by atomic mass is 10.0. The van der Waals surface area contributed by atoms with E-state index in [9.17, 15) is 0 Å². The van der Waals surface area contributed by atoms with Crippen molar-refractivity contribution in [3.05, 3.63) is 35.4 Å². The zero-order valence-electron chi connectivity index (χ0n) is 10.9. The minimum absolute atomic E-state index is 0.230. The van der Waals surface area contributed by atoms with Crippen molar-refractivity contribution in [3.8, 4) is 0 Å². The third-order valence-electron chi connectivity index (χ3n) is 3.17. The summed E-state index contributed by atoms with van der Waals surface area (Å²) in [4.78, 5) is 0. The number of benzene rings is 1. The molecule has 0 aliphatic carbocycles. The number of hydrogen-bond donors (Lipinski definition) is 1. The number of ether oxygens (including phenoxy) is 1. The highest BCUT2D eigenvalue weighted by Crippen LogP contribution is 2.14. The molecule has 0 aliphatic rings. The fourth-order valence-corrected chi connectivity index (χ4v) is 1.69. The van der Waals surface area contributed by atoms with Crippen LogP contribution in [0.5, 0.6) is 0 Å². The maximum absolute atomic E-state index is 5.31. The van der Waals surface area contributed by atoms with Gasteiger partial charge in [-0.3, -0.25) is 0 Å². The van der Waals surface area contributed by atoms with Crippen molar-refractivity contribution in [2.45, 2.75) is 45.9 Å². The molecule has 0 aromatic heterocycles.